The highest BCUT2D eigenvalue weighted by atomic mass is 16.5. The van der Waals surface area contributed by atoms with Crippen molar-refractivity contribution in [1.82, 2.24) is 5.32 Å². The molecular formula is C41H81NO6. The van der Waals surface area contributed by atoms with Gasteiger partial charge >= 0.3 is 0 Å². The lowest BCUT2D eigenvalue weighted by atomic mass is 10.1. The molecular weight excluding hydrogens is 602 g/mol. The normalized spacial score (nSPS) is 12.1. The molecule has 0 fully saturated rings. The van der Waals surface area contributed by atoms with Gasteiger partial charge < -0.3 is 24.3 Å². The van der Waals surface area contributed by atoms with E-state index in [1.807, 2.05) is 0 Å². The van der Waals surface area contributed by atoms with E-state index in [4.69, 9.17) is 18.9 Å². The first-order valence-corrected chi connectivity index (χ1v) is 20.7. The molecule has 0 radical (unpaired) electrons. The zero-order chi connectivity index (χ0) is 35.0. The Kier molecular flexibility index (Phi) is 39.6. The van der Waals surface area contributed by atoms with Crippen LogP contribution in [0.2, 0.25) is 0 Å². The summed E-state index contributed by atoms with van der Waals surface area (Å²) in [4.78, 5) is 24.7. The fraction of sp³-hybridized carbons (Fsp3) is 0.951. The Morgan fingerprint density at radius 3 is 1.48 bits per heavy atom. The molecule has 0 spiro atoms. The van der Waals surface area contributed by atoms with Gasteiger partial charge in [-0.2, -0.15) is 0 Å². The van der Waals surface area contributed by atoms with E-state index in [9.17, 15) is 9.59 Å². The molecule has 7 nitrogen and oxygen atoms in total. The topological polar surface area (TPSA) is 83.1 Å². The number of ketones is 1. The summed E-state index contributed by atoms with van der Waals surface area (Å²) in [6.45, 7) is 8.53. The Morgan fingerprint density at radius 1 is 0.500 bits per heavy atom. The molecule has 0 saturated heterocycles. The molecule has 0 aliphatic carbocycles. The summed E-state index contributed by atoms with van der Waals surface area (Å²) in [6.07, 6.45) is 33.4. The van der Waals surface area contributed by atoms with Crippen LogP contribution in [0, 0.1) is 0 Å². The summed E-state index contributed by atoms with van der Waals surface area (Å²) < 4.78 is 22.6. The predicted octanol–water partition coefficient (Wildman–Crippen LogP) is 10.7. The molecule has 0 saturated carbocycles. The van der Waals surface area contributed by atoms with Crippen LogP contribution < -0.4 is 5.32 Å². The molecule has 0 aliphatic rings. The number of nitrogens with one attached hydrogen (secondary N) is 1. The van der Waals surface area contributed by atoms with Crippen LogP contribution in [0.5, 0.6) is 0 Å². The van der Waals surface area contributed by atoms with Crippen LogP contribution in [0.15, 0.2) is 0 Å². The van der Waals surface area contributed by atoms with Gasteiger partial charge in [0, 0.05) is 46.1 Å². The number of methoxy groups -OCH3 is 1. The van der Waals surface area contributed by atoms with E-state index in [1.54, 1.807) is 7.11 Å². The van der Waals surface area contributed by atoms with Crippen molar-refractivity contribution in [2.45, 2.75) is 200 Å². The molecule has 7 heteroatoms. The summed E-state index contributed by atoms with van der Waals surface area (Å²) in [5, 5.41) is 2.82. The maximum atomic E-state index is 12.6. The average molecular weight is 684 g/mol. The number of carbonyl (C=O) groups is 2. The number of ether oxygens (including phenoxy) is 4. The van der Waals surface area contributed by atoms with Crippen LogP contribution in [0.25, 0.3) is 0 Å². The van der Waals surface area contributed by atoms with Crippen LogP contribution in [0.1, 0.15) is 194 Å². The highest BCUT2D eigenvalue weighted by Crippen LogP contribution is 2.14. The van der Waals surface area contributed by atoms with Crippen molar-refractivity contribution in [2.75, 3.05) is 53.3 Å². The molecule has 0 rings (SSSR count). The van der Waals surface area contributed by atoms with Crippen molar-refractivity contribution in [3.63, 3.8) is 0 Å². The molecule has 1 atom stereocenters. The standard InChI is InChI=1S/C41H81NO6/c1-4-6-8-10-12-14-16-18-20-22-24-26-33-47-38-40(48-34-27-25-23-21-19-17-15-13-11-9-7-5-2)30-28-39(43)29-31-41(44)42-32-35-46-37-36-45-3/h40H,4-38H2,1-3H3,(H,42,44). The lowest BCUT2D eigenvalue weighted by Gasteiger charge is -2.18. The minimum absolute atomic E-state index is 0.0583. The fourth-order valence-electron chi connectivity index (χ4n) is 5.96. The monoisotopic (exact) mass is 684 g/mol. The quantitative estimate of drug-likeness (QED) is 0.0646. The molecule has 0 heterocycles. The van der Waals surface area contributed by atoms with E-state index in [0.717, 1.165) is 26.1 Å². The summed E-state index contributed by atoms with van der Waals surface area (Å²) in [5.74, 6) is 0.00521. The third kappa shape index (κ3) is 37.8. The second-order valence-corrected chi connectivity index (χ2v) is 13.9. The van der Waals surface area contributed by atoms with Gasteiger partial charge in [0.2, 0.25) is 5.91 Å². The molecule has 1 unspecified atom stereocenters. The molecule has 48 heavy (non-hydrogen) atoms. The molecule has 1 amide bonds. The van der Waals surface area contributed by atoms with Gasteiger partial charge in [-0.3, -0.25) is 9.59 Å². The van der Waals surface area contributed by atoms with Crippen molar-refractivity contribution >= 4 is 11.7 Å². The van der Waals surface area contributed by atoms with Crippen molar-refractivity contribution in [3.05, 3.63) is 0 Å². The first kappa shape index (κ1) is 47.0. The summed E-state index contributed by atoms with van der Waals surface area (Å²) in [6, 6.07) is 0. The lowest BCUT2D eigenvalue weighted by molar-refractivity contribution is -0.126. The number of hydrogen-bond donors (Lipinski definition) is 1. The minimum atomic E-state index is -0.107. The summed E-state index contributed by atoms with van der Waals surface area (Å²) in [7, 11) is 1.63. The van der Waals surface area contributed by atoms with Gasteiger partial charge in [0.1, 0.15) is 5.78 Å². The Balaban J connectivity index is 4.14. The van der Waals surface area contributed by atoms with Gasteiger partial charge in [-0.25, -0.2) is 0 Å². The molecule has 0 aromatic heterocycles. The molecule has 1 N–H and O–H groups in total. The first-order chi connectivity index (χ1) is 23.6. The van der Waals surface area contributed by atoms with E-state index in [-0.39, 0.29) is 30.6 Å². The number of amides is 1. The van der Waals surface area contributed by atoms with Crippen LogP contribution in [-0.4, -0.2) is 71.1 Å². The minimum Gasteiger partial charge on any atom is -0.382 e. The van der Waals surface area contributed by atoms with Gasteiger partial charge in [0.25, 0.3) is 0 Å². The average Bonchev–Trinajstić information content (AvgIpc) is 3.09. The second-order valence-electron chi connectivity index (χ2n) is 13.9. The van der Waals surface area contributed by atoms with Crippen molar-refractivity contribution in [1.29, 1.82) is 0 Å². The number of hydrogen-bond acceptors (Lipinski definition) is 6. The van der Waals surface area contributed by atoms with Gasteiger partial charge in [0.05, 0.1) is 32.5 Å². The molecule has 0 aromatic rings. The SMILES string of the molecule is CCCCCCCCCCCCCCOCC(CCC(=O)CCC(=O)NCCOCCOC)OCCCCCCCCCCCCCC. The number of carbonyl (C=O) groups excluding carboxylic acids is 2. The van der Waals surface area contributed by atoms with Gasteiger partial charge in [-0.05, 0) is 19.3 Å². The van der Waals surface area contributed by atoms with E-state index in [0.29, 0.717) is 45.8 Å². The third-order valence-corrected chi connectivity index (χ3v) is 9.17. The summed E-state index contributed by atoms with van der Waals surface area (Å²) >= 11 is 0. The Morgan fingerprint density at radius 2 is 0.979 bits per heavy atom. The van der Waals surface area contributed by atoms with E-state index >= 15 is 0 Å². The molecule has 286 valence electrons. The van der Waals surface area contributed by atoms with Crippen LogP contribution in [-0.2, 0) is 28.5 Å². The number of unbranched alkanes of at least 4 members (excludes halogenated alkanes) is 22. The highest BCUT2D eigenvalue weighted by molar-refractivity contribution is 5.84. The predicted molar refractivity (Wildman–Crippen MR) is 202 cm³/mol. The van der Waals surface area contributed by atoms with Crippen molar-refractivity contribution in [3.8, 4) is 0 Å². The largest absolute Gasteiger partial charge is 0.382 e. The Hall–Kier alpha value is -1.02. The maximum absolute atomic E-state index is 12.6. The summed E-state index contributed by atoms with van der Waals surface area (Å²) in [5.41, 5.74) is 0. The lowest BCUT2D eigenvalue weighted by Crippen LogP contribution is -2.28. The zero-order valence-electron chi connectivity index (χ0n) is 32.3. The van der Waals surface area contributed by atoms with Crippen molar-refractivity contribution in [2.24, 2.45) is 0 Å². The zero-order valence-corrected chi connectivity index (χ0v) is 32.3. The number of Topliss-reactive ketones (excluding diaryl/α,β-unsaturated/α-hetero) is 1. The van der Waals surface area contributed by atoms with Gasteiger partial charge in [0.15, 0.2) is 0 Å². The van der Waals surface area contributed by atoms with Gasteiger partial charge in [-0.1, -0.05) is 155 Å². The Labute approximate surface area is 298 Å². The van der Waals surface area contributed by atoms with Crippen LogP contribution >= 0.6 is 0 Å². The van der Waals surface area contributed by atoms with E-state index in [2.05, 4.69) is 19.2 Å². The van der Waals surface area contributed by atoms with Crippen LogP contribution in [0.3, 0.4) is 0 Å². The highest BCUT2D eigenvalue weighted by Gasteiger charge is 2.14. The van der Waals surface area contributed by atoms with Crippen LogP contribution in [0.4, 0.5) is 0 Å². The molecule has 0 bridgehead atoms. The van der Waals surface area contributed by atoms with Crippen molar-refractivity contribution < 1.29 is 28.5 Å². The van der Waals surface area contributed by atoms with E-state index in [1.165, 1.54) is 141 Å². The second kappa shape index (κ2) is 40.4. The van der Waals surface area contributed by atoms with Gasteiger partial charge in [-0.15, -0.1) is 0 Å². The Bertz CT molecular complexity index is 661. The first-order valence-electron chi connectivity index (χ1n) is 20.7. The maximum Gasteiger partial charge on any atom is 0.220 e. The molecule has 0 aromatic carbocycles. The van der Waals surface area contributed by atoms with E-state index < -0.39 is 0 Å². The number of rotatable bonds is 41. The molecule has 0 aliphatic heterocycles. The smallest absolute Gasteiger partial charge is 0.220 e. The third-order valence-electron chi connectivity index (χ3n) is 9.17. The fourth-order valence-corrected chi connectivity index (χ4v) is 5.96.